The van der Waals surface area contributed by atoms with Crippen molar-refractivity contribution in [2.75, 3.05) is 5.32 Å². The van der Waals surface area contributed by atoms with Gasteiger partial charge in [-0.05, 0) is 29.8 Å². The quantitative estimate of drug-likeness (QED) is 0.456. The van der Waals surface area contributed by atoms with Gasteiger partial charge in [-0.1, -0.05) is 49.4 Å². The molecule has 0 spiro atoms. The molecule has 2 aromatic heterocycles. The largest absolute Gasteiger partial charge is 0.466 e. The number of carbonyl (C=O) groups excluding carboxylic acids is 1. The fourth-order valence-electron chi connectivity index (χ4n) is 4.05. The molecule has 0 saturated carbocycles. The Bertz CT molecular complexity index is 1280. The topological polar surface area (TPSA) is 59.0 Å². The SMILES string of the molecule is CCc1ccc(CC2Nc3c(Cc4cccc(F)c4)nc(-c4ccccc4)c[n+]3C2=O)o1. The third-order valence-corrected chi connectivity index (χ3v) is 5.67. The normalized spacial score (nSPS) is 14.9. The van der Waals surface area contributed by atoms with Crippen molar-refractivity contribution in [2.45, 2.75) is 32.2 Å². The van der Waals surface area contributed by atoms with Gasteiger partial charge in [-0.2, -0.15) is 4.57 Å². The van der Waals surface area contributed by atoms with Gasteiger partial charge in [-0.25, -0.2) is 14.2 Å². The first-order valence-corrected chi connectivity index (χ1v) is 10.7. The molecule has 3 heterocycles. The van der Waals surface area contributed by atoms with Gasteiger partial charge in [0.2, 0.25) is 6.04 Å². The molecule has 0 fully saturated rings. The lowest BCUT2D eigenvalue weighted by molar-refractivity contribution is -0.552. The first-order valence-electron chi connectivity index (χ1n) is 10.7. The minimum Gasteiger partial charge on any atom is -0.466 e. The van der Waals surface area contributed by atoms with Crippen molar-refractivity contribution < 1.29 is 18.2 Å². The maximum atomic E-state index is 13.8. The van der Waals surface area contributed by atoms with E-state index < -0.39 is 6.04 Å². The van der Waals surface area contributed by atoms with Crippen LogP contribution in [-0.2, 0) is 19.3 Å². The van der Waals surface area contributed by atoms with Crippen molar-refractivity contribution in [3.05, 3.63) is 102 Å². The van der Waals surface area contributed by atoms with Crippen molar-refractivity contribution >= 4 is 11.7 Å². The van der Waals surface area contributed by atoms with E-state index in [9.17, 15) is 9.18 Å². The zero-order valence-electron chi connectivity index (χ0n) is 17.7. The molecule has 0 radical (unpaired) electrons. The summed E-state index contributed by atoms with van der Waals surface area (Å²) >= 11 is 0. The number of benzene rings is 2. The predicted octanol–water partition coefficient (Wildman–Crippen LogP) is 4.60. The third kappa shape index (κ3) is 3.91. The Hall–Kier alpha value is -3.80. The van der Waals surface area contributed by atoms with Crippen LogP contribution < -0.4 is 9.88 Å². The molecule has 1 atom stereocenters. The lowest BCUT2D eigenvalue weighted by Crippen LogP contribution is -2.44. The molecule has 1 aliphatic rings. The first kappa shape index (κ1) is 20.1. The van der Waals surface area contributed by atoms with E-state index in [1.165, 1.54) is 12.1 Å². The van der Waals surface area contributed by atoms with E-state index in [-0.39, 0.29) is 11.7 Å². The van der Waals surface area contributed by atoms with Gasteiger partial charge in [0.05, 0.1) is 6.42 Å². The van der Waals surface area contributed by atoms with Crippen LogP contribution in [0.15, 0.2) is 77.3 Å². The molecule has 1 aliphatic heterocycles. The zero-order chi connectivity index (χ0) is 22.1. The Morgan fingerprint density at radius 1 is 1.06 bits per heavy atom. The minimum atomic E-state index is -0.454. The Morgan fingerprint density at radius 2 is 1.88 bits per heavy atom. The zero-order valence-corrected chi connectivity index (χ0v) is 17.7. The van der Waals surface area contributed by atoms with Crippen molar-refractivity contribution in [3.63, 3.8) is 0 Å². The third-order valence-electron chi connectivity index (χ3n) is 5.67. The monoisotopic (exact) mass is 428 g/mol. The number of aryl methyl sites for hydroxylation is 1. The number of nitrogens with zero attached hydrogens (tertiary/aromatic N) is 2. The van der Waals surface area contributed by atoms with Crippen LogP contribution >= 0.6 is 0 Å². The van der Waals surface area contributed by atoms with Crippen molar-refractivity contribution in [3.8, 4) is 11.3 Å². The number of carbonyl (C=O) groups is 1. The number of aromatic nitrogens is 2. The molecule has 6 heteroatoms. The molecule has 32 heavy (non-hydrogen) atoms. The van der Waals surface area contributed by atoms with Gasteiger partial charge in [-0.15, -0.1) is 0 Å². The Kier molecular flexibility index (Phi) is 5.27. The molecule has 0 amide bonds. The van der Waals surface area contributed by atoms with Gasteiger partial charge in [-0.3, -0.25) is 5.32 Å². The van der Waals surface area contributed by atoms with E-state index in [4.69, 9.17) is 9.40 Å². The highest BCUT2D eigenvalue weighted by molar-refractivity contribution is 5.82. The number of hydrogen-bond acceptors (Lipinski definition) is 4. The number of fused-ring (bicyclic) bond motifs is 1. The smallest absolute Gasteiger partial charge is 0.359 e. The second-order valence-electron chi connectivity index (χ2n) is 7.93. The van der Waals surface area contributed by atoms with Gasteiger partial charge in [0.25, 0.3) is 0 Å². The number of halogens is 1. The summed E-state index contributed by atoms with van der Waals surface area (Å²) in [4.78, 5) is 18.1. The van der Waals surface area contributed by atoms with E-state index in [2.05, 4.69) is 5.32 Å². The van der Waals surface area contributed by atoms with Gasteiger partial charge in [0, 0.05) is 18.4 Å². The lowest BCUT2D eigenvalue weighted by atomic mass is 10.1. The Labute approximate surface area is 185 Å². The molecule has 5 rings (SSSR count). The average molecular weight is 428 g/mol. The lowest BCUT2D eigenvalue weighted by Gasteiger charge is -2.07. The number of furan rings is 1. The van der Waals surface area contributed by atoms with Crippen molar-refractivity contribution in [1.29, 1.82) is 0 Å². The first-order chi connectivity index (χ1) is 15.6. The second-order valence-corrected chi connectivity index (χ2v) is 7.93. The van der Waals surface area contributed by atoms with Crippen LogP contribution in [0, 0.1) is 5.82 Å². The Balaban J connectivity index is 1.53. The van der Waals surface area contributed by atoms with Crippen LogP contribution in [0.3, 0.4) is 0 Å². The summed E-state index contributed by atoms with van der Waals surface area (Å²) in [6, 6.07) is 19.6. The van der Waals surface area contributed by atoms with Gasteiger partial charge in [0.15, 0.2) is 0 Å². The summed E-state index contributed by atoms with van der Waals surface area (Å²) in [7, 11) is 0. The van der Waals surface area contributed by atoms with E-state index >= 15 is 0 Å². The molecular formula is C26H23FN3O2+. The van der Waals surface area contributed by atoms with E-state index in [0.29, 0.717) is 30.0 Å². The van der Waals surface area contributed by atoms with Crippen LogP contribution in [0.5, 0.6) is 0 Å². The molecule has 2 aromatic carbocycles. The minimum absolute atomic E-state index is 0.0606. The molecule has 5 nitrogen and oxygen atoms in total. The molecule has 4 aromatic rings. The van der Waals surface area contributed by atoms with E-state index in [0.717, 1.165) is 29.1 Å². The number of anilines is 1. The van der Waals surface area contributed by atoms with E-state index in [1.54, 1.807) is 16.8 Å². The molecular weight excluding hydrogens is 405 g/mol. The van der Waals surface area contributed by atoms with Crippen molar-refractivity contribution in [1.82, 2.24) is 4.98 Å². The van der Waals surface area contributed by atoms with Crippen LogP contribution in [0.4, 0.5) is 10.2 Å². The number of nitrogens with one attached hydrogen (secondary N) is 1. The summed E-state index contributed by atoms with van der Waals surface area (Å²) in [6.07, 6.45) is 3.43. The maximum Gasteiger partial charge on any atom is 0.359 e. The van der Waals surface area contributed by atoms with Crippen molar-refractivity contribution in [2.24, 2.45) is 0 Å². The highest BCUT2D eigenvalue weighted by atomic mass is 19.1. The fourth-order valence-corrected chi connectivity index (χ4v) is 4.05. The summed E-state index contributed by atoms with van der Waals surface area (Å²) in [5.74, 6) is 1.96. The van der Waals surface area contributed by atoms with E-state index in [1.807, 2.05) is 55.5 Å². The number of rotatable bonds is 6. The molecule has 0 aliphatic carbocycles. The second kappa shape index (κ2) is 8.38. The fraction of sp³-hybridized carbons (Fsp3) is 0.192. The molecule has 0 saturated heterocycles. The van der Waals surface area contributed by atoms with Crippen LogP contribution in [-0.4, -0.2) is 16.9 Å². The maximum absolute atomic E-state index is 13.8. The summed E-state index contributed by atoms with van der Waals surface area (Å²) in [5, 5.41) is 3.34. The van der Waals surface area contributed by atoms with Crippen LogP contribution in [0.1, 0.15) is 34.5 Å². The standard InChI is InChI=1S/C26H22FN3O2/c1-2-20-11-12-21(32-20)15-23-26(31)30-16-24(18-8-4-3-5-9-18)28-22(25(30)29-23)14-17-7-6-10-19(27)13-17/h3-13,16,23H,2,14-15H2,1H3/p+1. The average Bonchev–Trinajstić information content (AvgIpc) is 3.39. The van der Waals surface area contributed by atoms with Crippen LogP contribution in [0.25, 0.3) is 11.3 Å². The van der Waals surface area contributed by atoms with Crippen LogP contribution in [0.2, 0.25) is 0 Å². The highest BCUT2D eigenvalue weighted by Gasteiger charge is 2.41. The number of hydrogen-bond donors (Lipinski definition) is 1. The highest BCUT2D eigenvalue weighted by Crippen LogP contribution is 2.25. The molecule has 0 bridgehead atoms. The molecule has 1 unspecified atom stereocenters. The summed E-state index contributed by atoms with van der Waals surface area (Å²) in [6.45, 7) is 2.03. The summed E-state index contributed by atoms with van der Waals surface area (Å²) in [5.41, 5.74) is 3.10. The summed E-state index contributed by atoms with van der Waals surface area (Å²) < 4.78 is 21.2. The predicted molar refractivity (Wildman–Crippen MR) is 119 cm³/mol. The van der Waals surface area contributed by atoms with Gasteiger partial charge >= 0.3 is 11.7 Å². The Morgan fingerprint density at radius 3 is 2.62 bits per heavy atom. The molecule has 1 N–H and O–H groups in total. The molecule has 160 valence electrons. The van der Waals surface area contributed by atoms with Gasteiger partial charge < -0.3 is 4.42 Å². The van der Waals surface area contributed by atoms with Gasteiger partial charge in [0.1, 0.15) is 34.9 Å².